The van der Waals surface area contributed by atoms with Gasteiger partial charge in [-0.3, -0.25) is 4.79 Å². The maximum atomic E-state index is 12.6. The lowest BCUT2D eigenvalue weighted by Crippen LogP contribution is -2.42. The Balaban J connectivity index is 1.29. The van der Waals surface area contributed by atoms with Crippen LogP contribution in [-0.2, 0) is 24.1 Å². The molecule has 0 atom stereocenters. The first-order chi connectivity index (χ1) is 12.3. The van der Waals surface area contributed by atoms with Crippen LogP contribution in [-0.4, -0.2) is 30.0 Å². The Morgan fingerprint density at radius 3 is 2.56 bits per heavy atom. The maximum Gasteiger partial charge on any atom is 0.226 e. The van der Waals surface area contributed by atoms with Crippen LogP contribution in [0.5, 0.6) is 5.75 Å². The first kappa shape index (κ1) is 16.2. The third-order valence-corrected chi connectivity index (χ3v) is 5.36. The van der Waals surface area contributed by atoms with Gasteiger partial charge in [0.2, 0.25) is 5.91 Å². The predicted molar refractivity (Wildman–Crippen MR) is 98.8 cm³/mol. The molecule has 0 aromatic heterocycles. The van der Waals surface area contributed by atoms with E-state index in [1.54, 1.807) is 0 Å². The van der Waals surface area contributed by atoms with E-state index >= 15 is 0 Å². The van der Waals surface area contributed by atoms with Crippen LogP contribution >= 0.6 is 0 Å². The van der Waals surface area contributed by atoms with Crippen LogP contribution in [0.4, 0.5) is 0 Å². The summed E-state index contributed by atoms with van der Waals surface area (Å²) in [6, 6.07) is 16.5. The van der Waals surface area contributed by atoms with Gasteiger partial charge in [-0.1, -0.05) is 36.4 Å². The SMILES string of the molecule is O=C(Cc1ccc2c(c1)CCC2)N1CCC(Oc2ccccc2)CC1. The van der Waals surface area contributed by atoms with Crippen molar-refractivity contribution in [2.75, 3.05) is 13.1 Å². The predicted octanol–water partition coefficient (Wildman–Crippen LogP) is 3.79. The highest BCUT2D eigenvalue weighted by atomic mass is 16.5. The van der Waals surface area contributed by atoms with Crippen LogP contribution in [0.25, 0.3) is 0 Å². The number of nitrogens with zero attached hydrogens (tertiary/aromatic N) is 1. The topological polar surface area (TPSA) is 29.5 Å². The summed E-state index contributed by atoms with van der Waals surface area (Å²) < 4.78 is 6.01. The van der Waals surface area contributed by atoms with Crippen molar-refractivity contribution < 1.29 is 9.53 Å². The van der Waals surface area contributed by atoms with Gasteiger partial charge in [-0.15, -0.1) is 0 Å². The van der Waals surface area contributed by atoms with E-state index in [1.165, 1.54) is 30.4 Å². The smallest absolute Gasteiger partial charge is 0.226 e. The molecule has 1 amide bonds. The van der Waals surface area contributed by atoms with Gasteiger partial charge >= 0.3 is 0 Å². The molecule has 1 fully saturated rings. The molecular formula is C22H25NO2. The molecule has 130 valence electrons. The molecule has 0 unspecified atom stereocenters. The molecule has 0 spiro atoms. The summed E-state index contributed by atoms with van der Waals surface area (Å²) in [7, 11) is 0. The highest BCUT2D eigenvalue weighted by Gasteiger charge is 2.24. The van der Waals surface area contributed by atoms with Crippen LogP contribution in [0.15, 0.2) is 48.5 Å². The van der Waals surface area contributed by atoms with Crippen molar-refractivity contribution in [2.24, 2.45) is 0 Å². The van der Waals surface area contributed by atoms with Crippen LogP contribution in [0.2, 0.25) is 0 Å². The first-order valence-corrected chi connectivity index (χ1v) is 9.38. The molecule has 0 N–H and O–H groups in total. The van der Waals surface area contributed by atoms with Crippen molar-refractivity contribution >= 4 is 5.91 Å². The summed E-state index contributed by atoms with van der Waals surface area (Å²) in [5.74, 6) is 1.17. The van der Waals surface area contributed by atoms with Crippen LogP contribution in [0, 0.1) is 0 Å². The van der Waals surface area contributed by atoms with Gasteiger partial charge in [0, 0.05) is 25.9 Å². The standard InChI is InChI=1S/C22H25NO2/c24-22(16-17-9-10-18-5-4-6-19(18)15-17)23-13-11-21(12-14-23)25-20-7-2-1-3-8-20/h1-3,7-10,15,21H,4-6,11-14,16H2. The molecule has 3 heteroatoms. The lowest BCUT2D eigenvalue weighted by molar-refractivity contribution is -0.132. The Morgan fingerprint density at radius 1 is 1.00 bits per heavy atom. The number of carbonyl (C=O) groups excluding carboxylic acids is 1. The van der Waals surface area contributed by atoms with Crippen LogP contribution in [0.3, 0.4) is 0 Å². The van der Waals surface area contributed by atoms with Gasteiger partial charge in [0.15, 0.2) is 0 Å². The van der Waals surface area contributed by atoms with E-state index in [4.69, 9.17) is 4.74 Å². The Labute approximate surface area is 149 Å². The van der Waals surface area contributed by atoms with Crippen molar-refractivity contribution in [1.29, 1.82) is 0 Å². The summed E-state index contributed by atoms with van der Waals surface area (Å²) in [6.07, 6.45) is 6.17. The van der Waals surface area contributed by atoms with E-state index in [-0.39, 0.29) is 12.0 Å². The number of aryl methyl sites for hydroxylation is 2. The maximum absolute atomic E-state index is 12.6. The molecule has 25 heavy (non-hydrogen) atoms. The third kappa shape index (κ3) is 3.87. The number of para-hydroxylation sites is 1. The normalized spacial score (nSPS) is 17.4. The van der Waals surface area contributed by atoms with Gasteiger partial charge < -0.3 is 9.64 Å². The van der Waals surface area contributed by atoms with Crippen molar-refractivity contribution in [3.05, 3.63) is 65.2 Å². The van der Waals surface area contributed by atoms with E-state index in [0.717, 1.165) is 37.2 Å². The minimum Gasteiger partial charge on any atom is -0.490 e. The van der Waals surface area contributed by atoms with Gasteiger partial charge in [-0.2, -0.15) is 0 Å². The Hall–Kier alpha value is -2.29. The number of hydrogen-bond acceptors (Lipinski definition) is 2. The molecule has 2 aromatic carbocycles. The van der Waals surface area contributed by atoms with Gasteiger partial charge in [0.1, 0.15) is 11.9 Å². The average molecular weight is 335 g/mol. The van der Waals surface area contributed by atoms with E-state index < -0.39 is 0 Å². The van der Waals surface area contributed by atoms with Gasteiger partial charge in [0.25, 0.3) is 0 Å². The van der Waals surface area contributed by atoms with E-state index in [2.05, 4.69) is 18.2 Å². The fourth-order valence-electron chi connectivity index (χ4n) is 3.94. The number of amides is 1. The minimum atomic E-state index is 0.214. The van der Waals surface area contributed by atoms with Crippen molar-refractivity contribution in [3.8, 4) is 5.75 Å². The van der Waals surface area contributed by atoms with Gasteiger partial charge in [0.05, 0.1) is 6.42 Å². The second kappa shape index (κ2) is 7.30. The molecule has 2 aliphatic rings. The molecule has 2 aromatic rings. The molecule has 1 aliphatic heterocycles. The number of hydrogen-bond donors (Lipinski definition) is 0. The van der Waals surface area contributed by atoms with E-state index in [9.17, 15) is 4.79 Å². The lowest BCUT2D eigenvalue weighted by atomic mass is 10.0. The van der Waals surface area contributed by atoms with Gasteiger partial charge in [-0.05, 0) is 48.1 Å². The summed E-state index contributed by atoms with van der Waals surface area (Å²) >= 11 is 0. The number of carbonyl (C=O) groups is 1. The minimum absolute atomic E-state index is 0.214. The number of benzene rings is 2. The van der Waals surface area contributed by atoms with E-state index in [0.29, 0.717) is 6.42 Å². The quantitative estimate of drug-likeness (QED) is 0.851. The zero-order chi connectivity index (χ0) is 17.1. The zero-order valence-electron chi connectivity index (χ0n) is 14.6. The summed E-state index contributed by atoms with van der Waals surface area (Å²) in [4.78, 5) is 14.6. The molecule has 0 bridgehead atoms. The van der Waals surface area contributed by atoms with Crippen molar-refractivity contribution in [1.82, 2.24) is 4.90 Å². The number of likely N-dealkylation sites (tertiary alicyclic amines) is 1. The number of rotatable bonds is 4. The van der Waals surface area contributed by atoms with Crippen molar-refractivity contribution in [2.45, 2.75) is 44.6 Å². The molecule has 0 saturated carbocycles. The van der Waals surface area contributed by atoms with E-state index in [1.807, 2.05) is 35.2 Å². The first-order valence-electron chi connectivity index (χ1n) is 9.38. The summed E-state index contributed by atoms with van der Waals surface area (Å²) in [5, 5.41) is 0. The largest absolute Gasteiger partial charge is 0.490 e. The van der Waals surface area contributed by atoms with Crippen LogP contribution < -0.4 is 4.74 Å². The molecular weight excluding hydrogens is 310 g/mol. The molecule has 3 nitrogen and oxygen atoms in total. The van der Waals surface area contributed by atoms with Crippen LogP contribution in [0.1, 0.15) is 36.0 Å². The lowest BCUT2D eigenvalue weighted by Gasteiger charge is -2.32. The Bertz CT molecular complexity index is 733. The third-order valence-electron chi connectivity index (χ3n) is 5.36. The number of fused-ring (bicyclic) bond motifs is 1. The number of ether oxygens (including phenoxy) is 1. The monoisotopic (exact) mass is 335 g/mol. The highest BCUT2D eigenvalue weighted by Crippen LogP contribution is 2.24. The Kier molecular flexibility index (Phi) is 4.73. The second-order valence-corrected chi connectivity index (χ2v) is 7.14. The van der Waals surface area contributed by atoms with Crippen molar-refractivity contribution in [3.63, 3.8) is 0 Å². The fourth-order valence-corrected chi connectivity index (χ4v) is 3.94. The average Bonchev–Trinajstić information content (AvgIpc) is 3.11. The zero-order valence-corrected chi connectivity index (χ0v) is 14.6. The molecule has 1 saturated heterocycles. The number of piperidine rings is 1. The van der Waals surface area contributed by atoms with Gasteiger partial charge in [-0.25, -0.2) is 0 Å². The molecule has 1 heterocycles. The second-order valence-electron chi connectivity index (χ2n) is 7.14. The summed E-state index contributed by atoms with van der Waals surface area (Å²) in [6.45, 7) is 1.59. The molecule has 4 rings (SSSR count). The molecule has 1 aliphatic carbocycles. The molecule has 0 radical (unpaired) electrons. The Morgan fingerprint density at radius 2 is 1.76 bits per heavy atom. The fraction of sp³-hybridized carbons (Fsp3) is 0.409. The summed E-state index contributed by atoms with van der Waals surface area (Å²) in [5.41, 5.74) is 4.07. The highest BCUT2D eigenvalue weighted by molar-refractivity contribution is 5.79.